The van der Waals surface area contributed by atoms with Crippen LogP contribution in [0.4, 0.5) is 0 Å². The topological polar surface area (TPSA) is 80.8 Å². The lowest BCUT2D eigenvalue weighted by atomic mass is 9.86. The van der Waals surface area contributed by atoms with Gasteiger partial charge in [0.05, 0.1) is 4.90 Å². The van der Waals surface area contributed by atoms with Gasteiger partial charge in [0.15, 0.2) is 12.4 Å². The van der Waals surface area contributed by atoms with Crippen molar-refractivity contribution in [2.45, 2.75) is 49.8 Å². The Morgan fingerprint density at radius 1 is 1.04 bits per heavy atom. The third-order valence-electron chi connectivity index (χ3n) is 6.56. The Balaban J connectivity index is 1.29. The highest BCUT2D eigenvalue weighted by Crippen LogP contribution is 2.49. The van der Waals surface area contributed by atoms with Gasteiger partial charge in [-0.3, -0.25) is 9.59 Å². The highest BCUT2D eigenvalue weighted by Gasteiger charge is 2.40. The Hall–Kier alpha value is -1.73. The maximum absolute atomic E-state index is 12.5. The van der Waals surface area contributed by atoms with E-state index in [0.717, 1.165) is 25.2 Å². The SMILES string of the molecule is O=C(C[C@H]1C[C@@H]2CC[C@@H]1C2)OCC(=O)c1ccc(S(=O)(=O)N2CCCC2)cc1. The molecule has 3 aliphatic rings. The minimum atomic E-state index is -3.49. The van der Waals surface area contributed by atoms with Crippen molar-refractivity contribution in [1.82, 2.24) is 4.31 Å². The number of hydrogen-bond donors (Lipinski definition) is 0. The van der Waals surface area contributed by atoms with Gasteiger partial charge in [0.1, 0.15) is 0 Å². The van der Waals surface area contributed by atoms with E-state index in [1.54, 1.807) is 0 Å². The summed E-state index contributed by atoms with van der Waals surface area (Å²) >= 11 is 0. The molecule has 4 rings (SSSR count). The molecule has 1 aliphatic heterocycles. The van der Waals surface area contributed by atoms with Crippen LogP contribution in [0.25, 0.3) is 0 Å². The fourth-order valence-electron chi connectivity index (χ4n) is 5.02. The second kappa shape index (κ2) is 7.95. The fourth-order valence-corrected chi connectivity index (χ4v) is 6.54. The number of fused-ring (bicyclic) bond motifs is 2. The molecule has 1 saturated heterocycles. The van der Waals surface area contributed by atoms with Crippen molar-refractivity contribution in [3.63, 3.8) is 0 Å². The summed E-state index contributed by atoms with van der Waals surface area (Å²) in [5.41, 5.74) is 0.355. The van der Waals surface area contributed by atoms with E-state index < -0.39 is 10.0 Å². The molecule has 0 radical (unpaired) electrons. The molecule has 28 heavy (non-hydrogen) atoms. The Morgan fingerprint density at radius 2 is 1.75 bits per heavy atom. The minimum Gasteiger partial charge on any atom is -0.457 e. The number of hydrogen-bond acceptors (Lipinski definition) is 5. The van der Waals surface area contributed by atoms with Crippen molar-refractivity contribution in [3.8, 4) is 0 Å². The zero-order valence-electron chi connectivity index (χ0n) is 16.0. The van der Waals surface area contributed by atoms with Crippen LogP contribution in [0.2, 0.25) is 0 Å². The number of carbonyl (C=O) groups excluding carboxylic acids is 2. The minimum absolute atomic E-state index is 0.194. The van der Waals surface area contributed by atoms with Crippen LogP contribution in [-0.2, 0) is 19.6 Å². The van der Waals surface area contributed by atoms with E-state index in [1.807, 2.05) is 0 Å². The molecule has 7 heteroatoms. The average Bonchev–Trinajstić information content (AvgIpc) is 3.44. The monoisotopic (exact) mass is 405 g/mol. The van der Waals surface area contributed by atoms with E-state index in [9.17, 15) is 18.0 Å². The third-order valence-corrected chi connectivity index (χ3v) is 8.47. The molecule has 1 aromatic rings. The lowest BCUT2D eigenvalue weighted by molar-refractivity contribution is -0.144. The number of benzene rings is 1. The molecular weight excluding hydrogens is 378 g/mol. The first-order valence-electron chi connectivity index (χ1n) is 10.2. The van der Waals surface area contributed by atoms with Crippen molar-refractivity contribution < 1.29 is 22.7 Å². The molecular formula is C21H27NO5S. The van der Waals surface area contributed by atoms with Crippen LogP contribution in [0, 0.1) is 17.8 Å². The standard InChI is InChI=1S/C21H27NO5S/c23-20(14-27-21(24)13-18-12-15-3-4-17(18)11-15)16-5-7-19(8-6-16)28(25,26)22-9-1-2-10-22/h5-8,15,17-18H,1-4,9-14H2/t15-,17-,18-/m1/s1. The molecule has 0 unspecified atom stereocenters. The van der Waals surface area contributed by atoms with Crippen LogP contribution in [0.5, 0.6) is 0 Å². The number of ether oxygens (including phenoxy) is 1. The van der Waals surface area contributed by atoms with E-state index in [0.29, 0.717) is 36.9 Å². The fraction of sp³-hybridized carbons (Fsp3) is 0.619. The molecule has 0 aromatic heterocycles. The van der Waals surface area contributed by atoms with Gasteiger partial charge in [0.25, 0.3) is 0 Å². The van der Waals surface area contributed by atoms with E-state index >= 15 is 0 Å². The molecule has 0 amide bonds. The smallest absolute Gasteiger partial charge is 0.306 e. The number of sulfonamides is 1. The molecule has 2 bridgehead atoms. The van der Waals surface area contributed by atoms with Crippen LogP contribution in [0.3, 0.4) is 0 Å². The summed E-state index contributed by atoms with van der Waals surface area (Å²) < 4.78 is 31.7. The summed E-state index contributed by atoms with van der Waals surface area (Å²) in [5.74, 6) is 1.22. The maximum Gasteiger partial charge on any atom is 0.306 e. The Labute approximate surface area is 166 Å². The van der Waals surface area contributed by atoms with Crippen molar-refractivity contribution in [1.29, 1.82) is 0 Å². The summed E-state index contributed by atoms with van der Waals surface area (Å²) in [7, 11) is -3.49. The van der Waals surface area contributed by atoms with Gasteiger partial charge in [-0.1, -0.05) is 6.42 Å². The molecule has 152 valence electrons. The van der Waals surface area contributed by atoms with Crippen molar-refractivity contribution in [2.24, 2.45) is 17.8 Å². The van der Waals surface area contributed by atoms with Crippen LogP contribution in [0.15, 0.2) is 29.2 Å². The van der Waals surface area contributed by atoms with Crippen molar-refractivity contribution in [3.05, 3.63) is 29.8 Å². The molecule has 0 spiro atoms. The highest BCUT2D eigenvalue weighted by molar-refractivity contribution is 7.89. The number of rotatable bonds is 7. The van der Waals surface area contributed by atoms with E-state index in [4.69, 9.17) is 4.74 Å². The van der Waals surface area contributed by atoms with Crippen molar-refractivity contribution >= 4 is 21.8 Å². The maximum atomic E-state index is 12.5. The second-order valence-electron chi connectivity index (χ2n) is 8.36. The van der Waals surface area contributed by atoms with Gasteiger partial charge >= 0.3 is 5.97 Å². The largest absolute Gasteiger partial charge is 0.457 e. The molecule has 3 fully saturated rings. The van der Waals surface area contributed by atoms with Gasteiger partial charge < -0.3 is 4.74 Å². The van der Waals surface area contributed by atoms with Crippen LogP contribution >= 0.6 is 0 Å². The summed E-state index contributed by atoms with van der Waals surface area (Å²) in [6.45, 7) is 0.793. The van der Waals surface area contributed by atoms with Gasteiger partial charge in [-0.15, -0.1) is 0 Å². The third kappa shape index (κ3) is 4.01. The van der Waals surface area contributed by atoms with E-state index in [-0.39, 0.29) is 23.3 Å². The quantitative estimate of drug-likeness (QED) is 0.514. The molecule has 2 aliphatic carbocycles. The molecule has 1 heterocycles. The zero-order chi connectivity index (χ0) is 19.7. The average molecular weight is 406 g/mol. The second-order valence-corrected chi connectivity index (χ2v) is 10.3. The van der Waals surface area contributed by atoms with E-state index in [1.165, 1.54) is 47.8 Å². The van der Waals surface area contributed by atoms with Gasteiger partial charge in [0, 0.05) is 25.1 Å². The number of esters is 1. The van der Waals surface area contributed by atoms with Crippen LogP contribution in [-0.4, -0.2) is 44.2 Å². The highest BCUT2D eigenvalue weighted by atomic mass is 32.2. The Bertz CT molecular complexity index is 842. The number of carbonyl (C=O) groups is 2. The predicted molar refractivity (Wildman–Crippen MR) is 103 cm³/mol. The normalized spacial score (nSPS) is 27.2. The van der Waals surface area contributed by atoms with E-state index in [2.05, 4.69) is 0 Å². The Morgan fingerprint density at radius 3 is 2.36 bits per heavy atom. The summed E-state index contributed by atoms with van der Waals surface area (Å²) in [4.78, 5) is 24.6. The summed E-state index contributed by atoms with van der Waals surface area (Å²) in [6.07, 6.45) is 7.02. The van der Waals surface area contributed by atoms with Crippen LogP contribution < -0.4 is 0 Å². The lowest BCUT2D eigenvalue weighted by Crippen LogP contribution is -2.27. The summed E-state index contributed by atoms with van der Waals surface area (Å²) in [5, 5.41) is 0. The van der Waals surface area contributed by atoms with Gasteiger partial charge in [-0.2, -0.15) is 4.31 Å². The van der Waals surface area contributed by atoms with Gasteiger partial charge in [0.2, 0.25) is 10.0 Å². The zero-order valence-corrected chi connectivity index (χ0v) is 16.8. The number of nitrogens with zero attached hydrogens (tertiary/aromatic N) is 1. The first-order valence-corrected chi connectivity index (χ1v) is 11.7. The van der Waals surface area contributed by atoms with Crippen molar-refractivity contribution in [2.75, 3.05) is 19.7 Å². The number of Topliss-reactive ketones (excluding diaryl/α,β-unsaturated/α-hetero) is 1. The first kappa shape index (κ1) is 19.6. The molecule has 6 nitrogen and oxygen atoms in total. The first-order chi connectivity index (χ1) is 13.4. The molecule has 2 saturated carbocycles. The molecule has 0 N–H and O–H groups in total. The van der Waals surface area contributed by atoms with Gasteiger partial charge in [-0.05, 0) is 74.1 Å². The predicted octanol–water partition coefficient (Wildman–Crippen LogP) is 3.02. The summed E-state index contributed by atoms with van der Waals surface area (Å²) in [6, 6.07) is 5.90. The Kier molecular flexibility index (Phi) is 5.56. The van der Waals surface area contributed by atoms with Crippen LogP contribution in [0.1, 0.15) is 55.3 Å². The molecule has 3 atom stereocenters. The van der Waals surface area contributed by atoms with Gasteiger partial charge in [-0.25, -0.2) is 8.42 Å². The molecule has 1 aromatic carbocycles. The lowest BCUT2D eigenvalue weighted by Gasteiger charge is -2.20. The number of ketones is 1.